The second-order valence-electron chi connectivity index (χ2n) is 10.7. The van der Waals surface area contributed by atoms with Crippen LogP contribution in [0.25, 0.3) is 10.9 Å². The van der Waals surface area contributed by atoms with Crippen molar-refractivity contribution in [1.82, 2.24) is 9.88 Å². The van der Waals surface area contributed by atoms with Crippen molar-refractivity contribution in [1.29, 1.82) is 0 Å². The van der Waals surface area contributed by atoms with Crippen LogP contribution in [0.2, 0.25) is 0 Å². The number of aliphatic hydroxyl groups is 1. The van der Waals surface area contributed by atoms with Crippen LogP contribution in [0.1, 0.15) is 59.4 Å². The third-order valence-corrected chi connectivity index (χ3v) is 6.17. The fraction of sp³-hybridized carbons (Fsp3) is 0.556. The Morgan fingerprint density at radius 2 is 1.81 bits per heavy atom. The molecule has 1 unspecified atom stereocenters. The summed E-state index contributed by atoms with van der Waals surface area (Å²) in [6, 6.07) is 7.67. The van der Waals surface area contributed by atoms with Gasteiger partial charge in [0.1, 0.15) is 18.9 Å². The molecule has 0 fully saturated rings. The van der Waals surface area contributed by atoms with Gasteiger partial charge in [0.05, 0.1) is 23.4 Å². The van der Waals surface area contributed by atoms with Gasteiger partial charge in [-0.15, -0.1) is 0 Å². The van der Waals surface area contributed by atoms with E-state index in [9.17, 15) is 14.7 Å². The second-order valence-corrected chi connectivity index (χ2v) is 10.7. The summed E-state index contributed by atoms with van der Waals surface area (Å²) < 4.78 is 11.1. The zero-order valence-electron chi connectivity index (χ0n) is 22.3. The van der Waals surface area contributed by atoms with Crippen LogP contribution in [-0.2, 0) is 19.1 Å². The molecule has 0 spiro atoms. The van der Waals surface area contributed by atoms with Crippen molar-refractivity contribution < 1.29 is 24.2 Å². The van der Waals surface area contributed by atoms with E-state index in [2.05, 4.69) is 10.3 Å². The molecular formula is C27H38N4O5. The van der Waals surface area contributed by atoms with Crippen LogP contribution in [0.4, 0.5) is 11.5 Å². The lowest BCUT2D eigenvalue weighted by atomic mass is 9.84. The smallest absolute Gasteiger partial charge is 0.251 e. The summed E-state index contributed by atoms with van der Waals surface area (Å²) in [5, 5.41) is 14.4. The molecule has 9 heteroatoms. The summed E-state index contributed by atoms with van der Waals surface area (Å²) in [7, 11) is 1.70. The number of ether oxygens (including phenoxy) is 2. The lowest BCUT2D eigenvalue weighted by molar-refractivity contribution is -0.140. The molecule has 2 aromatic rings. The Hall–Kier alpha value is -2.88. The van der Waals surface area contributed by atoms with E-state index in [-0.39, 0.29) is 30.6 Å². The largest absolute Gasteiger partial charge is 0.390 e. The average molecular weight is 499 g/mol. The number of para-hydroxylation sites is 1. The molecule has 1 aromatic heterocycles. The Labute approximate surface area is 212 Å². The number of likely N-dealkylation sites (N-methyl/N-ethyl adjacent to an activating group) is 1. The van der Waals surface area contributed by atoms with E-state index in [1.54, 1.807) is 25.8 Å². The van der Waals surface area contributed by atoms with E-state index in [1.165, 1.54) is 0 Å². The lowest BCUT2D eigenvalue weighted by Crippen LogP contribution is -2.44. The number of aromatic nitrogens is 1. The summed E-state index contributed by atoms with van der Waals surface area (Å²) in [5.41, 5.74) is 1.70. The minimum atomic E-state index is -0.937. The predicted molar refractivity (Wildman–Crippen MR) is 141 cm³/mol. The molecule has 1 aliphatic heterocycles. The molecule has 36 heavy (non-hydrogen) atoms. The van der Waals surface area contributed by atoms with Gasteiger partial charge in [0.25, 0.3) is 5.91 Å². The van der Waals surface area contributed by atoms with Crippen molar-refractivity contribution in [3.05, 3.63) is 29.8 Å². The van der Waals surface area contributed by atoms with Crippen LogP contribution in [0.5, 0.6) is 0 Å². The molecule has 0 aliphatic carbocycles. The lowest BCUT2D eigenvalue weighted by Gasteiger charge is -2.31. The Kier molecular flexibility index (Phi) is 8.48. The number of nitrogens with zero attached hydrogens (tertiary/aromatic N) is 3. The molecule has 0 radical (unpaired) electrons. The van der Waals surface area contributed by atoms with Crippen molar-refractivity contribution in [3.8, 4) is 0 Å². The van der Waals surface area contributed by atoms with Gasteiger partial charge >= 0.3 is 0 Å². The van der Waals surface area contributed by atoms with Crippen LogP contribution in [-0.4, -0.2) is 77.1 Å². The Morgan fingerprint density at radius 3 is 2.44 bits per heavy atom. The first kappa shape index (κ1) is 27.7. The number of anilines is 1. The molecule has 196 valence electrons. The number of hydrogen-bond acceptors (Lipinski definition) is 7. The number of carbonyl (C=O) groups is 2. The number of hydrogen-bond donors (Lipinski definition) is 2. The Balaban J connectivity index is 1.86. The van der Waals surface area contributed by atoms with Crippen LogP contribution in [0.3, 0.4) is 0 Å². The average Bonchev–Trinajstić information content (AvgIpc) is 3.13. The van der Waals surface area contributed by atoms with Crippen molar-refractivity contribution in [2.45, 2.75) is 65.0 Å². The molecule has 0 saturated carbocycles. The molecule has 0 bridgehead atoms. The van der Waals surface area contributed by atoms with Crippen LogP contribution < -0.4 is 5.32 Å². The second kappa shape index (κ2) is 11.0. The Bertz CT molecular complexity index is 1150. The molecule has 0 saturated heterocycles. The zero-order chi connectivity index (χ0) is 26.7. The normalized spacial score (nSPS) is 15.6. The SMILES string of the molecule is CCOCC1=Nc2c(NC(=O)COCC(=O)N(C)C(C)(C)C)nc3ccccc3c2C1CC(C)(C)O. The van der Waals surface area contributed by atoms with Crippen LogP contribution >= 0.6 is 0 Å². The number of carbonyl (C=O) groups excluding carboxylic acids is 2. The van der Waals surface area contributed by atoms with Crippen LogP contribution in [0.15, 0.2) is 29.3 Å². The molecule has 3 rings (SSSR count). The van der Waals surface area contributed by atoms with Gasteiger partial charge in [0.15, 0.2) is 5.82 Å². The first-order valence-corrected chi connectivity index (χ1v) is 12.3. The first-order valence-electron chi connectivity index (χ1n) is 12.3. The standard InChI is InChI=1S/C27H38N4O5/c1-8-35-14-20-18(13-27(5,6)34)23-17-11-9-10-12-19(17)29-25(24(23)28-20)30-21(32)15-36-16-22(33)31(7)26(2,3)4/h9-12,18,34H,8,13-16H2,1-7H3,(H,29,30,32). The third kappa shape index (κ3) is 6.66. The molecule has 9 nitrogen and oxygen atoms in total. The van der Waals surface area contributed by atoms with Gasteiger partial charge < -0.3 is 24.8 Å². The molecule has 2 heterocycles. The van der Waals surface area contributed by atoms with Gasteiger partial charge in [-0.05, 0) is 59.6 Å². The van der Waals surface area contributed by atoms with Crippen molar-refractivity contribution >= 4 is 39.9 Å². The fourth-order valence-electron chi connectivity index (χ4n) is 4.10. The van der Waals surface area contributed by atoms with Gasteiger partial charge in [-0.25, -0.2) is 4.98 Å². The topological polar surface area (TPSA) is 113 Å². The highest BCUT2D eigenvalue weighted by Gasteiger charge is 2.35. The monoisotopic (exact) mass is 498 g/mol. The number of rotatable bonds is 10. The molecule has 1 aliphatic rings. The quantitative estimate of drug-likeness (QED) is 0.515. The third-order valence-electron chi connectivity index (χ3n) is 6.17. The van der Waals surface area contributed by atoms with Gasteiger partial charge in [-0.2, -0.15) is 0 Å². The number of benzene rings is 1. The minimum absolute atomic E-state index is 0.183. The highest BCUT2D eigenvalue weighted by atomic mass is 16.5. The zero-order valence-corrected chi connectivity index (χ0v) is 22.3. The summed E-state index contributed by atoms with van der Waals surface area (Å²) in [5.74, 6) is -0.502. The van der Waals surface area contributed by atoms with E-state index < -0.39 is 11.5 Å². The maximum absolute atomic E-state index is 12.7. The number of pyridine rings is 1. The van der Waals surface area contributed by atoms with E-state index >= 15 is 0 Å². The van der Waals surface area contributed by atoms with Gasteiger partial charge in [-0.1, -0.05) is 18.2 Å². The van der Waals surface area contributed by atoms with Crippen LogP contribution in [0, 0.1) is 0 Å². The highest BCUT2D eigenvalue weighted by Crippen LogP contribution is 2.47. The van der Waals surface area contributed by atoms with Crippen molar-refractivity contribution in [2.75, 3.05) is 38.8 Å². The van der Waals surface area contributed by atoms with E-state index in [0.717, 1.165) is 16.7 Å². The van der Waals surface area contributed by atoms with Gasteiger partial charge in [-0.3, -0.25) is 14.6 Å². The predicted octanol–water partition coefficient (Wildman–Crippen LogP) is 3.81. The van der Waals surface area contributed by atoms with Crippen molar-refractivity contribution in [3.63, 3.8) is 0 Å². The summed E-state index contributed by atoms with van der Waals surface area (Å²) >= 11 is 0. The van der Waals surface area contributed by atoms with Gasteiger partial charge in [0.2, 0.25) is 5.91 Å². The summed E-state index contributed by atoms with van der Waals surface area (Å²) in [6.07, 6.45) is 0.444. The molecule has 2 amide bonds. The summed E-state index contributed by atoms with van der Waals surface area (Å²) in [6.45, 7) is 11.6. The first-order chi connectivity index (χ1) is 16.8. The van der Waals surface area contributed by atoms with Crippen molar-refractivity contribution in [2.24, 2.45) is 4.99 Å². The number of fused-ring (bicyclic) bond motifs is 3. The van der Waals surface area contributed by atoms with E-state index in [4.69, 9.17) is 14.5 Å². The maximum Gasteiger partial charge on any atom is 0.251 e. The number of amides is 2. The molecule has 1 atom stereocenters. The molecule has 1 aromatic carbocycles. The molecule has 2 N–H and O–H groups in total. The number of aliphatic imine (C=N–C) groups is 1. The maximum atomic E-state index is 12.7. The summed E-state index contributed by atoms with van der Waals surface area (Å²) in [4.78, 5) is 36.1. The van der Waals surface area contributed by atoms with E-state index in [1.807, 2.05) is 52.0 Å². The Morgan fingerprint density at radius 1 is 1.11 bits per heavy atom. The minimum Gasteiger partial charge on any atom is -0.390 e. The highest BCUT2D eigenvalue weighted by molar-refractivity contribution is 6.08. The fourth-order valence-corrected chi connectivity index (χ4v) is 4.10. The van der Waals surface area contributed by atoms with Gasteiger partial charge in [0, 0.05) is 30.5 Å². The molecular weight excluding hydrogens is 460 g/mol. The number of nitrogens with one attached hydrogen (secondary N) is 1. The van der Waals surface area contributed by atoms with E-state index in [0.29, 0.717) is 36.7 Å².